The Hall–Kier alpha value is -2.18. The van der Waals surface area contributed by atoms with Gasteiger partial charge < -0.3 is 5.32 Å². The third-order valence-corrected chi connectivity index (χ3v) is 3.52. The number of hydrogen-bond donors (Lipinski definition) is 1. The second-order valence-corrected chi connectivity index (χ2v) is 4.98. The molecule has 0 saturated heterocycles. The molecule has 2 aromatic heterocycles. The molecule has 0 fully saturated rings. The Morgan fingerprint density at radius 1 is 1.40 bits per heavy atom. The molecule has 1 unspecified atom stereocenters. The van der Waals surface area contributed by atoms with Crippen molar-refractivity contribution in [2.24, 2.45) is 0 Å². The lowest BCUT2D eigenvalue weighted by atomic mass is 10.2. The smallest absolute Gasteiger partial charge is 0.241 e. The van der Waals surface area contributed by atoms with Crippen molar-refractivity contribution in [3.05, 3.63) is 29.6 Å². The molecule has 1 N–H and O–H groups in total. The Labute approximate surface area is 118 Å². The normalized spacial score (nSPS) is 12.4. The van der Waals surface area contributed by atoms with Crippen LogP contribution in [-0.4, -0.2) is 37.0 Å². The van der Waals surface area contributed by atoms with Crippen molar-refractivity contribution in [1.82, 2.24) is 29.9 Å². The van der Waals surface area contributed by atoms with Crippen molar-refractivity contribution < 1.29 is 4.79 Å². The third kappa shape index (κ3) is 3.04. The summed E-state index contributed by atoms with van der Waals surface area (Å²) in [5.74, 6) is -0.0532. The molecule has 0 aliphatic heterocycles. The molecule has 7 heteroatoms. The van der Waals surface area contributed by atoms with Crippen LogP contribution >= 0.6 is 0 Å². The third-order valence-electron chi connectivity index (χ3n) is 3.52. The summed E-state index contributed by atoms with van der Waals surface area (Å²) in [7, 11) is 0. The molecule has 1 amide bonds. The number of aromatic nitrogens is 5. The number of nitrogens with zero attached hydrogens (tertiary/aromatic N) is 5. The Bertz CT molecular complexity index is 586. The molecule has 0 radical (unpaired) electrons. The monoisotopic (exact) mass is 276 g/mol. The van der Waals surface area contributed by atoms with E-state index in [-0.39, 0.29) is 18.5 Å². The molecule has 7 nitrogen and oxygen atoms in total. The van der Waals surface area contributed by atoms with Crippen LogP contribution in [0.4, 0.5) is 0 Å². The fraction of sp³-hybridized carbons (Fsp3) is 0.538. The maximum atomic E-state index is 11.9. The van der Waals surface area contributed by atoms with Crippen molar-refractivity contribution in [3.63, 3.8) is 0 Å². The zero-order chi connectivity index (χ0) is 14.7. The van der Waals surface area contributed by atoms with Crippen molar-refractivity contribution in [3.8, 4) is 0 Å². The number of hydrogen-bond acceptors (Lipinski definition) is 4. The second-order valence-electron chi connectivity index (χ2n) is 4.98. The van der Waals surface area contributed by atoms with Crippen LogP contribution in [0.1, 0.15) is 29.9 Å². The van der Waals surface area contributed by atoms with Crippen LogP contribution in [0, 0.1) is 20.8 Å². The second kappa shape index (κ2) is 5.85. The molecule has 2 rings (SSSR count). The summed E-state index contributed by atoms with van der Waals surface area (Å²) in [4.78, 5) is 15.8. The summed E-state index contributed by atoms with van der Waals surface area (Å²) in [5.41, 5.74) is 3.13. The number of nitrogens with one attached hydrogen (secondary N) is 1. The number of carbonyl (C=O) groups excluding carboxylic acids is 1. The Kier molecular flexibility index (Phi) is 4.16. The van der Waals surface area contributed by atoms with Gasteiger partial charge >= 0.3 is 0 Å². The molecule has 2 aromatic rings. The zero-order valence-corrected chi connectivity index (χ0v) is 12.3. The van der Waals surface area contributed by atoms with E-state index < -0.39 is 0 Å². The van der Waals surface area contributed by atoms with Gasteiger partial charge in [0.25, 0.3) is 0 Å². The molecule has 0 aliphatic rings. The van der Waals surface area contributed by atoms with E-state index in [1.54, 1.807) is 15.7 Å². The number of rotatable bonds is 5. The minimum Gasteiger partial charge on any atom is -0.352 e. The highest BCUT2D eigenvalue weighted by atomic mass is 16.2. The van der Waals surface area contributed by atoms with Crippen molar-refractivity contribution >= 4 is 5.91 Å². The van der Waals surface area contributed by atoms with E-state index in [4.69, 9.17) is 0 Å². The summed E-state index contributed by atoms with van der Waals surface area (Å²) in [6, 6.07) is 0.0728. The average Bonchev–Trinajstić information content (AvgIpc) is 3.02. The van der Waals surface area contributed by atoms with E-state index in [1.165, 1.54) is 6.33 Å². The van der Waals surface area contributed by atoms with E-state index in [2.05, 4.69) is 20.5 Å². The Balaban J connectivity index is 1.88. The molecule has 0 aromatic carbocycles. The van der Waals surface area contributed by atoms with Gasteiger partial charge in [-0.05, 0) is 33.3 Å². The lowest BCUT2D eigenvalue weighted by Gasteiger charge is -2.13. The molecule has 0 spiro atoms. The fourth-order valence-electron chi connectivity index (χ4n) is 1.93. The van der Waals surface area contributed by atoms with Crippen LogP contribution < -0.4 is 5.32 Å². The molecular formula is C13H20N6O. The molecule has 0 saturated carbocycles. The van der Waals surface area contributed by atoms with Crippen molar-refractivity contribution in [2.75, 3.05) is 6.54 Å². The summed E-state index contributed by atoms with van der Waals surface area (Å²) < 4.78 is 3.45. The lowest BCUT2D eigenvalue weighted by Crippen LogP contribution is -2.33. The summed E-state index contributed by atoms with van der Waals surface area (Å²) in [6.45, 7) is 8.66. The predicted molar refractivity (Wildman–Crippen MR) is 74.2 cm³/mol. The van der Waals surface area contributed by atoms with E-state index in [9.17, 15) is 4.79 Å². The van der Waals surface area contributed by atoms with Crippen LogP contribution in [0.25, 0.3) is 0 Å². The standard InChI is InChI=1S/C13H20N6O/c1-9(19-8-14-7-16-19)5-15-13(20)6-18-12(4)10(2)11(3)17-18/h7-9H,5-6H2,1-4H3,(H,15,20). The first kappa shape index (κ1) is 14.2. The zero-order valence-electron chi connectivity index (χ0n) is 12.3. The van der Waals surface area contributed by atoms with Crippen molar-refractivity contribution in [2.45, 2.75) is 40.3 Å². The van der Waals surface area contributed by atoms with Gasteiger partial charge in [-0.25, -0.2) is 9.67 Å². The van der Waals surface area contributed by atoms with Crippen LogP contribution in [0.3, 0.4) is 0 Å². The van der Waals surface area contributed by atoms with E-state index in [0.717, 1.165) is 17.0 Å². The summed E-state index contributed by atoms with van der Waals surface area (Å²) in [5, 5.41) is 11.3. The highest BCUT2D eigenvalue weighted by Crippen LogP contribution is 2.10. The van der Waals surface area contributed by atoms with E-state index in [1.807, 2.05) is 27.7 Å². The Morgan fingerprint density at radius 3 is 2.70 bits per heavy atom. The van der Waals surface area contributed by atoms with Crippen LogP contribution in [0.15, 0.2) is 12.7 Å². The number of carbonyl (C=O) groups is 1. The quantitative estimate of drug-likeness (QED) is 0.875. The van der Waals surface area contributed by atoms with Crippen LogP contribution in [0.5, 0.6) is 0 Å². The SMILES string of the molecule is Cc1nn(CC(=O)NCC(C)n2cncn2)c(C)c1C. The summed E-state index contributed by atoms with van der Waals surface area (Å²) in [6.07, 6.45) is 3.12. The molecule has 2 heterocycles. The van der Waals surface area contributed by atoms with Crippen LogP contribution in [-0.2, 0) is 11.3 Å². The van der Waals surface area contributed by atoms with Crippen molar-refractivity contribution in [1.29, 1.82) is 0 Å². The highest BCUT2D eigenvalue weighted by molar-refractivity contribution is 5.75. The topological polar surface area (TPSA) is 77.6 Å². The van der Waals surface area contributed by atoms with E-state index >= 15 is 0 Å². The van der Waals surface area contributed by atoms with Gasteiger partial charge in [-0.3, -0.25) is 9.48 Å². The lowest BCUT2D eigenvalue weighted by molar-refractivity contribution is -0.122. The first-order valence-electron chi connectivity index (χ1n) is 6.60. The van der Waals surface area contributed by atoms with Gasteiger partial charge in [-0.2, -0.15) is 10.2 Å². The van der Waals surface area contributed by atoms with Crippen LogP contribution in [0.2, 0.25) is 0 Å². The molecule has 20 heavy (non-hydrogen) atoms. The van der Waals surface area contributed by atoms with Gasteiger partial charge in [-0.15, -0.1) is 0 Å². The van der Waals surface area contributed by atoms with Gasteiger partial charge in [0.15, 0.2) is 0 Å². The molecule has 1 atom stereocenters. The van der Waals surface area contributed by atoms with Gasteiger partial charge in [0.05, 0.1) is 11.7 Å². The fourth-order valence-corrected chi connectivity index (χ4v) is 1.93. The van der Waals surface area contributed by atoms with Gasteiger partial charge in [0, 0.05) is 12.2 Å². The number of amides is 1. The van der Waals surface area contributed by atoms with Gasteiger partial charge in [-0.1, -0.05) is 0 Å². The first-order valence-corrected chi connectivity index (χ1v) is 6.60. The molecule has 0 aliphatic carbocycles. The highest BCUT2D eigenvalue weighted by Gasteiger charge is 2.12. The minimum atomic E-state index is -0.0532. The van der Waals surface area contributed by atoms with E-state index in [0.29, 0.717) is 6.54 Å². The largest absolute Gasteiger partial charge is 0.352 e. The predicted octanol–water partition coefficient (Wildman–Crippen LogP) is 0.777. The van der Waals surface area contributed by atoms with Gasteiger partial charge in [0.2, 0.25) is 5.91 Å². The maximum absolute atomic E-state index is 11.9. The average molecular weight is 276 g/mol. The number of aryl methyl sites for hydroxylation is 1. The molecule has 0 bridgehead atoms. The maximum Gasteiger partial charge on any atom is 0.241 e. The first-order chi connectivity index (χ1) is 9.49. The summed E-state index contributed by atoms with van der Waals surface area (Å²) >= 11 is 0. The molecular weight excluding hydrogens is 256 g/mol. The van der Waals surface area contributed by atoms with Gasteiger partial charge in [0.1, 0.15) is 19.2 Å². The molecule has 108 valence electrons. The minimum absolute atomic E-state index is 0.0532. The Morgan fingerprint density at radius 2 is 2.15 bits per heavy atom.